The molecule has 152 valence electrons. The lowest BCUT2D eigenvalue weighted by atomic mass is 9.97. The van der Waals surface area contributed by atoms with Crippen molar-refractivity contribution in [2.24, 2.45) is 5.92 Å². The first kappa shape index (κ1) is 19.9. The Morgan fingerprint density at radius 2 is 2.21 bits per heavy atom. The molecule has 3 rings (SSSR count). The summed E-state index contributed by atoms with van der Waals surface area (Å²) in [6.45, 7) is 6.40. The minimum absolute atomic E-state index is 0.148. The predicted molar refractivity (Wildman–Crippen MR) is 103 cm³/mol. The normalized spacial score (nSPS) is 16.7. The van der Waals surface area contributed by atoms with E-state index in [4.69, 9.17) is 14.0 Å². The number of amides is 1. The maximum absolute atomic E-state index is 12.7. The molecule has 28 heavy (non-hydrogen) atoms. The fraction of sp³-hybridized carbons (Fsp3) is 0.579. The molecule has 1 aliphatic rings. The number of methoxy groups -OCH3 is 1. The SMILES string of the molecule is CCOc1cc(C(=O)N2CCCC(CN(C)c3cc(C)nc(OC)n3)C2)on1. The van der Waals surface area contributed by atoms with Crippen molar-refractivity contribution >= 4 is 11.7 Å². The van der Waals surface area contributed by atoms with Crippen molar-refractivity contribution in [3.05, 3.63) is 23.6 Å². The van der Waals surface area contributed by atoms with Crippen molar-refractivity contribution in [3.8, 4) is 11.9 Å². The fourth-order valence-electron chi connectivity index (χ4n) is 3.42. The number of nitrogens with zero attached hydrogens (tertiary/aromatic N) is 5. The zero-order valence-corrected chi connectivity index (χ0v) is 16.8. The lowest BCUT2D eigenvalue weighted by molar-refractivity contribution is 0.0635. The van der Waals surface area contributed by atoms with Gasteiger partial charge in [-0.3, -0.25) is 4.79 Å². The number of hydrogen-bond acceptors (Lipinski definition) is 8. The van der Waals surface area contributed by atoms with E-state index in [1.54, 1.807) is 13.2 Å². The zero-order chi connectivity index (χ0) is 20.1. The maximum atomic E-state index is 12.7. The molecule has 0 aromatic carbocycles. The van der Waals surface area contributed by atoms with E-state index in [0.717, 1.165) is 30.9 Å². The Morgan fingerprint density at radius 3 is 2.96 bits per heavy atom. The van der Waals surface area contributed by atoms with E-state index < -0.39 is 0 Å². The van der Waals surface area contributed by atoms with Gasteiger partial charge in [-0.1, -0.05) is 0 Å². The van der Waals surface area contributed by atoms with Gasteiger partial charge in [0.2, 0.25) is 5.76 Å². The van der Waals surface area contributed by atoms with E-state index >= 15 is 0 Å². The Balaban J connectivity index is 1.62. The molecule has 0 saturated carbocycles. The zero-order valence-electron chi connectivity index (χ0n) is 16.8. The van der Waals surface area contributed by atoms with Crippen LogP contribution in [-0.4, -0.2) is 66.3 Å². The summed E-state index contributed by atoms with van der Waals surface area (Å²) in [5.41, 5.74) is 0.851. The Labute approximate surface area is 164 Å². The van der Waals surface area contributed by atoms with Gasteiger partial charge in [-0.15, -0.1) is 0 Å². The molecule has 0 N–H and O–H groups in total. The third kappa shape index (κ3) is 4.71. The highest BCUT2D eigenvalue weighted by atomic mass is 16.5. The molecule has 2 aromatic heterocycles. The standard InChI is InChI=1S/C19H27N5O4/c1-5-27-17-10-15(28-22-17)18(25)24-8-6-7-14(12-24)11-23(3)16-9-13(2)20-19(21-16)26-4/h9-10,14H,5-8,11-12H2,1-4H3. The number of likely N-dealkylation sites (tertiary alicyclic amines) is 1. The molecule has 0 spiro atoms. The summed E-state index contributed by atoms with van der Waals surface area (Å²) >= 11 is 0. The molecule has 1 unspecified atom stereocenters. The molecule has 1 amide bonds. The summed E-state index contributed by atoms with van der Waals surface area (Å²) in [6.07, 6.45) is 2.00. The van der Waals surface area contributed by atoms with Crippen LogP contribution in [0.25, 0.3) is 0 Å². The van der Waals surface area contributed by atoms with Crippen molar-refractivity contribution in [2.75, 3.05) is 45.3 Å². The molecule has 0 radical (unpaired) electrons. The third-order valence-electron chi connectivity index (χ3n) is 4.72. The van der Waals surface area contributed by atoms with Gasteiger partial charge in [0.15, 0.2) is 0 Å². The Bertz CT molecular complexity index is 809. The van der Waals surface area contributed by atoms with Crippen LogP contribution in [0.4, 0.5) is 5.82 Å². The number of rotatable bonds is 7. The highest BCUT2D eigenvalue weighted by Gasteiger charge is 2.28. The minimum atomic E-state index is -0.148. The van der Waals surface area contributed by atoms with Gasteiger partial charge in [-0.25, -0.2) is 4.98 Å². The number of hydrogen-bond donors (Lipinski definition) is 0. The topological polar surface area (TPSA) is 93.8 Å². The smallest absolute Gasteiger partial charge is 0.318 e. The number of carbonyl (C=O) groups excluding carboxylic acids is 1. The van der Waals surface area contributed by atoms with Crippen LogP contribution in [0.5, 0.6) is 11.9 Å². The molecular formula is C19H27N5O4. The van der Waals surface area contributed by atoms with Crippen LogP contribution in [0.15, 0.2) is 16.7 Å². The fourth-order valence-corrected chi connectivity index (χ4v) is 3.42. The summed E-state index contributed by atoms with van der Waals surface area (Å²) in [7, 11) is 3.55. The van der Waals surface area contributed by atoms with Gasteiger partial charge in [0.1, 0.15) is 5.82 Å². The maximum Gasteiger partial charge on any atom is 0.318 e. The van der Waals surface area contributed by atoms with Crippen LogP contribution in [0.1, 0.15) is 36.0 Å². The third-order valence-corrected chi connectivity index (χ3v) is 4.72. The second-order valence-corrected chi connectivity index (χ2v) is 6.96. The van der Waals surface area contributed by atoms with E-state index in [9.17, 15) is 4.79 Å². The van der Waals surface area contributed by atoms with Gasteiger partial charge in [0, 0.05) is 38.4 Å². The van der Waals surface area contributed by atoms with Crippen molar-refractivity contribution in [1.29, 1.82) is 0 Å². The lowest BCUT2D eigenvalue weighted by Gasteiger charge is -2.34. The highest BCUT2D eigenvalue weighted by molar-refractivity contribution is 5.91. The monoisotopic (exact) mass is 389 g/mol. The first-order valence-corrected chi connectivity index (χ1v) is 9.49. The Hall–Kier alpha value is -2.84. The van der Waals surface area contributed by atoms with Gasteiger partial charge in [-0.2, -0.15) is 4.98 Å². The molecular weight excluding hydrogens is 362 g/mol. The van der Waals surface area contributed by atoms with Gasteiger partial charge in [-0.05, 0) is 37.8 Å². The van der Waals surface area contributed by atoms with Crippen LogP contribution < -0.4 is 14.4 Å². The van der Waals surface area contributed by atoms with Gasteiger partial charge in [0.05, 0.1) is 19.8 Å². The number of piperidine rings is 1. The predicted octanol–water partition coefficient (Wildman–Crippen LogP) is 2.17. The van der Waals surface area contributed by atoms with Crippen molar-refractivity contribution < 1.29 is 18.8 Å². The molecule has 1 saturated heterocycles. The quantitative estimate of drug-likeness (QED) is 0.711. The molecule has 1 atom stereocenters. The van der Waals surface area contributed by atoms with Crippen LogP contribution in [0, 0.1) is 12.8 Å². The molecule has 1 fully saturated rings. The van der Waals surface area contributed by atoms with E-state index in [1.807, 2.05) is 31.9 Å². The largest absolute Gasteiger partial charge is 0.476 e. The molecule has 3 heterocycles. The molecule has 0 bridgehead atoms. The average Bonchev–Trinajstić information content (AvgIpc) is 3.16. The lowest BCUT2D eigenvalue weighted by Crippen LogP contribution is -2.43. The molecule has 0 aliphatic carbocycles. The first-order chi connectivity index (χ1) is 13.5. The number of anilines is 1. The Morgan fingerprint density at radius 1 is 1.39 bits per heavy atom. The van der Waals surface area contributed by atoms with Gasteiger partial charge >= 0.3 is 6.01 Å². The number of aromatic nitrogens is 3. The summed E-state index contributed by atoms with van der Waals surface area (Å²) in [5.74, 6) is 1.55. The van der Waals surface area contributed by atoms with Crippen molar-refractivity contribution in [1.82, 2.24) is 20.0 Å². The van der Waals surface area contributed by atoms with Crippen molar-refractivity contribution in [2.45, 2.75) is 26.7 Å². The van der Waals surface area contributed by atoms with Crippen molar-refractivity contribution in [3.63, 3.8) is 0 Å². The van der Waals surface area contributed by atoms with Crippen LogP contribution in [-0.2, 0) is 0 Å². The summed E-state index contributed by atoms with van der Waals surface area (Å²) in [6, 6.07) is 3.84. The van der Waals surface area contributed by atoms with E-state index in [0.29, 0.717) is 37.5 Å². The molecule has 2 aromatic rings. The number of carbonyl (C=O) groups is 1. The second-order valence-electron chi connectivity index (χ2n) is 6.96. The van der Waals surface area contributed by atoms with E-state index in [-0.39, 0.29) is 11.7 Å². The van der Waals surface area contributed by atoms with E-state index in [2.05, 4.69) is 20.0 Å². The Kier molecular flexibility index (Phi) is 6.33. The average molecular weight is 389 g/mol. The van der Waals surface area contributed by atoms with Crippen LogP contribution in [0.3, 0.4) is 0 Å². The van der Waals surface area contributed by atoms with Gasteiger partial charge in [0.25, 0.3) is 11.8 Å². The molecule has 1 aliphatic heterocycles. The van der Waals surface area contributed by atoms with Crippen LogP contribution in [0.2, 0.25) is 0 Å². The van der Waals surface area contributed by atoms with Gasteiger partial charge < -0.3 is 23.8 Å². The summed E-state index contributed by atoms with van der Waals surface area (Å²) in [4.78, 5) is 25.3. The molecule has 9 nitrogen and oxygen atoms in total. The number of aryl methyl sites for hydroxylation is 1. The first-order valence-electron chi connectivity index (χ1n) is 9.49. The second kappa shape index (κ2) is 8.90. The number of ether oxygens (including phenoxy) is 2. The summed E-state index contributed by atoms with van der Waals surface area (Å²) in [5, 5.41) is 3.77. The van der Waals surface area contributed by atoms with Crippen LogP contribution >= 0.6 is 0 Å². The van der Waals surface area contributed by atoms with E-state index in [1.165, 1.54) is 0 Å². The summed E-state index contributed by atoms with van der Waals surface area (Å²) < 4.78 is 15.6. The molecule has 9 heteroatoms. The minimum Gasteiger partial charge on any atom is -0.476 e. The highest BCUT2D eigenvalue weighted by Crippen LogP contribution is 2.23.